The molecule has 0 saturated carbocycles. The number of halogens is 3. The van der Waals surface area contributed by atoms with E-state index >= 15 is 0 Å². The molecule has 1 aliphatic heterocycles. The number of aryl methyl sites for hydroxylation is 1. The molecule has 9 heteroatoms. The molecule has 6 nitrogen and oxygen atoms in total. The highest BCUT2D eigenvalue weighted by Gasteiger charge is 2.31. The Bertz CT molecular complexity index is 1110. The van der Waals surface area contributed by atoms with Gasteiger partial charge in [-0.3, -0.25) is 4.79 Å². The fraction of sp³-hybridized carbons (Fsp3) is 0.286. The first kappa shape index (κ1) is 19.9. The number of hydrogen-bond acceptors (Lipinski definition) is 4. The fourth-order valence-corrected chi connectivity index (χ4v) is 3.93. The van der Waals surface area contributed by atoms with Crippen molar-refractivity contribution in [2.24, 2.45) is 0 Å². The predicted octanol–water partition coefficient (Wildman–Crippen LogP) is 4.66. The van der Waals surface area contributed by atoms with Crippen molar-refractivity contribution in [3.05, 3.63) is 53.7 Å². The van der Waals surface area contributed by atoms with Crippen LogP contribution < -0.4 is 15.2 Å². The highest BCUT2D eigenvalue weighted by atomic mass is 19.4. The quantitative estimate of drug-likeness (QED) is 0.567. The molecule has 158 valence electrons. The van der Waals surface area contributed by atoms with E-state index in [1.54, 1.807) is 6.07 Å². The van der Waals surface area contributed by atoms with Gasteiger partial charge in [-0.15, -0.1) is 13.2 Å². The van der Waals surface area contributed by atoms with Crippen LogP contribution in [0.2, 0.25) is 0 Å². The molecular formula is C21H19F3N2O4. The van der Waals surface area contributed by atoms with Gasteiger partial charge in [0.1, 0.15) is 18.1 Å². The van der Waals surface area contributed by atoms with Crippen molar-refractivity contribution in [3.63, 3.8) is 0 Å². The average molecular weight is 420 g/mol. The molecule has 2 heterocycles. The van der Waals surface area contributed by atoms with Crippen LogP contribution in [0.25, 0.3) is 10.9 Å². The van der Waals surface area contributed by atoms with Crippen molar-refractivity contribution < 1.29 is 32.5 Å². The molecule has 0 saturated heterocycles. The minimum atomic E-state index is -4.80. The topological polar surface area (TPSA) is 86.7 Å². The molecule has 1 aliphatic rings. The second kappa shape index (κ2) is 7.47. The van der Waals surface area contributed by atoms with Crippen molar-refractivity contribution in [2.45, 2.75) is 38.3 Å². The van der Waals surface area contributed by atoms with Crippen molar-refractivity contribution in [3.8, 4) is 11.5 Å². The molecule has 1 unspecified atom stereocenters. The van der Waals surface area contributed by atoms with Crippen molar-refractivity contribution in [1.29, 1.82) is 0 Å². The molecule has 2 aromatic carbocycles. The van der Waals surface area contributed by atoms with Crippen molar-refractivity contribution in [2.75, 3.05) is 5.73 Å². The number of nitrogens with zero attached hydrogens (tertiary/aromatic N) is 1. The zero-order valence-electron chi connectivity index (χ0n) is 15.8. The maximum Gasteiger partial charge on any atom is 0.573 e. The minimum absolute atomic E-state index is 0.0139. The molecule has 4 rings (SSSR count). The van der Waals surface area contributed by atoms with E-state index < -0.39 is 18.1 Å². The number of fused-ring (bicyclic) bond motifs is 3. The van der Waals surface area contributed by atoms with Crippen LogP contribution in [-0.4, -0.2) is 22.0 Å². The minimum Gasteiger partial charge on any atom is -0.489 e. The monoisotopic (exact) mass is 420 g/mol. The van der Waals surface area contributed by atoms with E-state index in [0.717, 1.165) is 35.6 Å². The Kier molecular flexibility index (Phi) is 4.97. The Labute approximate surface area is 169 Å². The second-order valence-corrected chi connectivity index (χ2v) is 7.27. The molecule has 0 radical (unpaired) electrons. The number of carboxylic acids is 1. The summed E-state index contributed by atoms with van der Waals surface area (Å²) in [6.45, 7) is 0.780. The van der Waals surface area contributed by atoms with Gasteiger partial charge in [-0.1, -0.05) is 0 Å². The lowest BCUT2D eigenvalue weighted by atomic mass is 10.0. The van der Waals surface area contributed by atoms with Crippen LogP contribution in [0.1, 0.15) is 30.0 Å². The third-order valence-electron chi connectivity index (χ3n) is 5.07. The summed E-state index contributed by atoms with van der Waals surface area (Å²) >= 11 is 0. The number of anilines is 1. The van der Waals surface area contributed by atoms with Gasteiger partial charge in [-0.05, 0) is 48.4 Å². The Morgan fingerprint density at radius 1 is 1.17 bits per heavy atom. The molecule has 1 aromatic heterocycles. The SMILES string of the molecule is Nc1cc(COc2ccc3c(c2)cc2n3CCC2CC(=O)O)cc(OC(F)(F)F)c1. The number of nitrogens with two attached hydrogens (primary N) is 1. The third-order valence-corrected chi connectivity index (χ3v) is 5.07. The Morgan fingerprint density at radius 3 is 2.70 bits per heavy atom. The number of hydrogen-bond donors (Lipinski definition) is 2. The molecule has 0 amide bonds. The third kappa shape index (κ3) is 4.29. The summed E-state index contributed by atoms with van der Waals surface area (Å²) in [4.78, 5) is 11.1. The number of rotatable bonds is 6. The summed E-state index contributed by atoms with van der Waals surface area (Å²) in [5.41, 5.74) is 8.23. The molecule has 30 heavy (non-hydrogen) atoms. The van der Waals surface area contributed by atoms with E-state index in [1.807, 2.05) is 18.2 Å². The highest BCUT2D eigenvalue weighted by molar-refractivity contribution is 5.83. The van der Waals surface area contributed by atoms with Crippen LogP contribution in [0.3, 0.4) is 0 Å². The zero-order valence-corrected chi connectivity index (χ0v) is 15.8. The van der Waals surface area contributed by atoms with Gasteiger partial charge >= 0.3 is 12.3 Å². The molecule has 0 spiro atoms. The van der Waals surface area contributed by atoms with E-state index in [-0.39, 0.29) is 24.6 Å². The standard InChI is InChI=1S/C21H19F3N2O4/c22-21(23,24)30-17-6-12(5-15(25)10-17)11-29-16-1-2-18-14(7-16)8-19-13(9-20(27)28)3-4-26(18)19/h1-2,5-8,10,13H,3-4,9,11,25H2,(H,27,28). The number of aromatic nitrogens is 1. The predicted molar refractivity (Wildman–Crippen MR) is 103 cm³/mol. The first-order valence-electron chi connectivity index (χ1n) is 9.31. The molecule has 3 N–H and O–H groups in total. The van der Waals surface area contributed by atoms with Crippen LogP contribution in [0.15, 0.2) is 42.5 Å². The zero-order chi connectivity index (χ0) is 21.5. The van der Waals surface area contributed by atoms with Crippen molar-refractivity contribution >= 4 is 22.6 Å². The van der Waals surface area contributed by atoms with Crippen LogP contribution in [0, 0.1) is 0 Å². The van der Waals surface area contributed by atoms with E-state index in [1.165, 1.54) is 12.1 Å². The Balaban J connectivity index is 1.51. The lowest BCUT2D eigenvalue weighted by Gasteiger charge is -2.12. The lowest BCUT2D eigenvalue weighted by Crippen LogP contribution is -2.17. The van der Waals surface area contributed by atoms with Gasteiger partial charge in [0.2, 0.25) is 0 Å². The molecule has 0 bridgehead atoms. The first-order valence-corrected chi connectivity index (χ1v) is 9.31. The van der Waals surface area contributed by atoms with Gasteiger partial charge in [0, 0.05) is 40.8 Å². The summed E-state index contributed by atoms with van der Waals surface area (Å²) in [6, 6.07) is 11.3. The van der Waals surface area contributed by atoms with E-state index in [2.05, 4.69) is 9.30 Å². The number of benzene rings is 2. The van der Waals surface area contributed by atoms with Gasteiger partial charge in [0.15, 0.2) is 0 Å². The summed E-state index contributed by atoms with van der Waals surface area (Å²) in [5.74, 6) is -0.690. The Morgan fingerprint density at radius 2 is 1.97 bits per heavy atom. The summed E-state index contributed by atoms with van der Waals surface area (Å²) in [5, 5.41) is 10.0. The van der Waals surface area contributed by atoms with Gasteiger partial charge < -0.3 is 24.9 Å². The maximum absolute atomic E-state index is 12.4. The summed E-state index contributed by atoms with van der Waals surface area (Å²) in [7, 11) is 0. The van der Waals surface area contributed by atoms with E-state index in [4.69, 9.17) is 15.6 Å². The van der Waals surface area contributed by atoms with Crippen LogP contribution in [0.4, 0.5) is 18.9 Å². The van der Waals surface area contributed by atoms with Crippen LogP contribution in [0.5, 0.6) is 11.5 Å². The van der Waals surface area contributed by atoms with E-state index in [9.17, 15) is 18.0 Å². The summed E-state index contributed by atoms with van der Waals surface area (Å²) < 4.78 is 49.1. The molecule has 1 atom stereocenters. The van der Waals surface area contributed by atoms with Crippen LogP contribution >= 0.6 is 0 Å². The van der Waals surface area contributed by atoms with Gasteiger partial charge in [0.25, 0.3) is 0 Å². The second-order valence-electron chi connectivity index (χ2n) is 7.27. The average Bonchev–Trinajstić information content (AvgIpc) is 3.17. The number of ether oxygens (including phenoxy) is 2. The van der Waals surface area contributed by atoms with Crippen LogP contribution in [-0.2, 0) is 17.9 Å². The van der Waals surface area contributed by atoms with Gasteiger partial charge in [-0.25, -0.2) is 0 Å². The lowest BCUT2D eigenvalue weighted by molar-refractivity contribution is -0.274. The normalized spacial score (nSPS) is 15.9. The molecule has 0 fully saturated rings. The highest BCUT2D eigenvalue weighted by Crippen LogP contribution is 2.37. The number of carboxylic acid groups (broad SMARTS) is 1. The summed E-state index contributed by atoms with van der Waals surface area (Å²) in [6.07, 6.45) is -3.91. The van der Waals surface area contributed by atoms with Gasteiger partial charge in [-0.2, -0.15) is 0 Å². The van der Waals surface area contributed by atoms with Crippen molar-refractivity contribution in [1.82, 2.24) is 4.57 Å². The number of carbonyl (C=O) groups is 1. The molecule has 0 aliphatic carbocycles. The number of alkyl halides is 3. The first-order chi connectivity index (χ1) is 14.2. The number of aliphatic carboxylic acids is 1. The Hall–Kier alpha value is -3.36. The van der Waals surface area contributed by atoms with E-state index in [0.29, 0.717) is 11.3 Å². The molecule has 3 aromatic rings. The smallest absolute Gasteiger partial charge is 0.489 e. The largest absolute Gasteiger partial charge is 0.573 e. The maximum atomic E-state index is 12.4. The fourth-order valence-electron chi connectivity index (χ4n) is 3.93. The number of nitrogen functional groups attached to an aromatic ring is 1. The molecular weight excluding hydrogens is 401 g/mol. The van der Waals surface area contributed by atoms with Gasteiger partial charge in [0.05, 0.1) is 6.42 Å².